The molecule has 4 nitrogen and oxygen atoms in total. The Hall–Kier alpha value is -1.14. The van der Waals surface area contributed by atoms with Gasteiger partial charge in [-0.15, -0.1) is 0 Å². The van der Waals surface area contributed by atoms with Gasteiger partial charge in [0.2, 0.25) is 10.0 Å². The number of nitrogens with two attached hydrogens (primary N) is 1. The highest BCUT2D eigenvalue weighted by atomic mass is 32.2. The summed E-state index contributed by atoms with van der Waals surface area (Å²) in [5.41, 5.74) is 0. The molecule has 0 heterocycles. The zero-order chi connectivity index (χ0) is 12.7. The van der Waals surface area contributed by atoms with Gasteiger partial charge in [-0.2, -0.15) is 0 Å². The molecule has 1 aromatic carbocycles. The van der Waals surface area contributed by atoms with E-state index >= 15 is 0 Å². The van der Waals surface area contributed by atoms with Crippen molar-refractivity contribution in [3.05, 3.63) is 30.1 Å². The Bertz CT molecular complexity index is 448. The van der Waals surface area contributed by atoms with Gasteiger partial charge >= 0.3 is 0 Å². The second-order valence-corrected chi connectivity index (χ2v) is 5.47. The van der Waals surface area contributed by atoms with Crippen molar-refractivity contribution >= 4 is 10.0 Å². The molecular formula is C11H16FNO3S. The summed E-state index contributed by atoms with van der Waals surface area (Å²) in [6.45, 7) is 0.439. The number of unbranched alkanes of at least 4 members (excludes halogenated alkanes) is 2. The third-order valence-corrected chi connectivity index (χ3v) is 3.00. The molecule has 0 aliphatic rings. The van der Waals surface area contributed by atoms with E-state index in [-0.39, 0.29) is 11.6 Å². The van der Waals surface area contributed by atoms with Crippen LogP contribution in [-0.2, 0) is 10.0 Å². The Morgan fingerprint density at radius 3 is 2.65 bits per heavy atom. The topological polar surface area (TPSA) is 69.4 Å². The van der Waals surface area contributed by atoms with E-state index in [1.807, 2.05) is 0 Å². The molecule has 0 aliphatic heterocycles. The molecule has 0 fully saturated rings. The lowest BCUT2D eigenvalue weighted by atomic mass is 10.2. The maximum absolute atomic E-state index is 12.8. The van der Waals surface area contributed by atoms with Crippen LogP contribution in [0.15, 0.2) is 24.3 Å². The second kappa shape index (κ2) is 6.56. The molecule has 0 aliphatic carbocycles. The summed E-state index contributed by atoms with van der Waals surface area (Å²) < 4.78 is 39.3. The highest BCUT2D eigenvalue weighted by Crippen LogP contribution is 2.12. The van der Waals surface area contributed by atoms with Crippen molar-refractivity contribution < 1.29 is 17.5 Å². The van der Waals surface area contributed by atoms with Gasteiger partial charge in [-0.25, -0.2) is 17.9 Å². The Morgan fingerprint density at radius 1 is 1.24 bits per heavy atom. The third-order valence-electron chi connectivity index (χ3n) is 2.14. The Labute approximate surface area is 101 Å². The van der Waals surface area contributed by atoms with Crippen LogP contribution in [0.2, 0.25) is 0 Å². The molecule has 0 atom stereocenters. The molecule has 0 saturated carbocycles. The van der Waals surface area contributed by atoms with Crippen LogP contribution < -0.4 is 9.88 Å². The van der Waals surface area contributed by atoms with Gasteiger partial charge in [-0.1, -0.05) is 6.07 Å². The van der Waals surface area contributed by atoms with E-state index in [9.17, 15) is 12.8 Å². The zero-order valence-corrected chi connectivity index (χ0v) is 10.2. The summed E-state index contributed by atoms with van der Waals surface area (Å²) in [6.07, 6.45) is 1.95. The summed E-state index contributed by atoms with van der Waals surface area (Å²) >= 11 is 0. The summed E-state index contributed by atoms with van der Waals surface area (Å²) in [7, 11) is -3.36. The van der Waals surface area contributed by atoms with Crippen LogP contribution in [-0.4, -0.2) is 20.8 Å². The number of hydrogen-bond donors (Lipinski definition) is 1. The van der Waals surface area contributed by atoms with Crippen molar-refractivity contribution in [2.45, 2.75) is 19.3 Å². The first kappa shape index (κ1) is 13.9. The molecule has 0 saturated heterocycles. The molecule has 0 radical (unpaired) electrons. The van der Waals surface area contributed by atoms with E-state index in [1.54, 1.807) is 12.1 Å². The number of halogens is 1. The largest absolute Gasteiger partial charge is 0.493 e. The molecule has 0 unspecified atom stereocenters. The predicted molar refractivity (Wildman–Crippen MR) is 63.7 cm³/mol. The Morgan fingerprint density at radius 2 is 2.00 bits per heavy atom. The normalized spacial score (nSPS) is 11.4. The number of hydrogen-bond acceptors (Lipinski definition) is 3. The first-order valence-electron chi connectivity index (χ1n) is 5.36. The highest BCUT2D eigenvalue weighted by Gasteiger charge is 2.01. The first-order valence-corrected chi connectivity index (χ1v) is 7.08. The van der Waals surface area contributed by atoms with E-state index in [0.717, 1.165) is 0 Å². The SMILES string of the molecule is NS(=O)(=O)CCCCCOc1cccc(F)c1. The van der Waals surface area contributed by atoms with Crippen LogP contribution in [0.3, 0.4) is 0 Å². The highest BCUT2D eigenvalue weighted by molar-refractivity contribution is 7.89. The van der Waals surface area contributed by atoms with Gasteiger partial charge in [-0.05, 0) is 31.4 Å². The van der Waals surface area contributed by atoms with E-state index in [4.69, 9.17) is 9.88 Å². The lowest BCUT2D eigenvalue weighted by Crippen LogP contribution is -2.16. The minimum Gasteiger partial charge on any atom is -0.493 e. The number of sulfonamides is 1. The monoisotopic (exact) mass is 261 g/mol. The summed E-state index contributed by atoms with van der Waals surface area (Å²) in [5.74, 6) is 0.139. The summed E-state index contributed by atoms with van der Waals surface area (Å²) in [5, 5.41) is 4.86. The maximum atomic E-state index is 12.8. The smallest absolute Gasteiger partial charge is 0.209 e. The van der Waals surface area contributed by atoms with E-state index in [0.29, 0.717) is 31.6 Å². The number of rotatable bonds is 7. The Balaban J connectivity index is 2.13. The standard InChI is InChI=1S/C11H16FNO3S/c12-10-5-4-6-11(9-10)16-7-2-1-3-8-17(13,14)15/h4-6,9H,1-3,7-8H2,(H2,13,14,15). The predicted octanol–water partition coefficient (Wildman–Crippen LogP) is 1.66. The molecule has 1 aromatic rings. The second-order valence-electron chi connectivity index (χ2n) is 3.73. The van der Waals surface area contributed by atoms with Crippen LogP contribution in [0.1, 0.15) is 19.3 Å². The van der Waals surface area contributed by atoms with Gasteiger partial charge in [0.05, 0.1) is 12.4 Å². The van der Waals surface area contributed by atoms with Gasteiger partial charge in [-0.3, -0.25) is 0 Å². The molecule has 96 valence electrons. The molecule has 1 rings (SSSR count). The van der Waals surface area contributed by atoms with Crippen molar-refractivity contribution in [1.82, 2.24) is 0 Å². The average Bonchev–Trinajstić information content (AvgIpc) is 2.22. The van der Waals surface area contributed by atoms with Gasteiger partial charge in [0.25, 0.3) is 0 Å². The third kappa shape index (κ3) is 6.91. The van der Waals surface area contributed by atoms with Crippen molar-refractivity contribution in [3.8, 4) is 5.75 Å². The van der Waals surface area contributed by atoms with E-state index < -0.39 is 10.0 Å². The fraction of sp³-hybridized carbons (Fsp3) is 0.455. The molecule has 0 aromatic heterocycles. The van der Waals surface area contributed by atoms with Crippen molar-refractivity contribution in [1.29, 1.82) is 0 Å². The molecule has 0 amide bonds. The fourth-order valence-corrected chi connectivity index (χ4v) is 1.94. The molecule has 6 heteroatoms. The summed E-state index contributed by atoms with van der Waals surface area (Å²) in [6, 6.07) is 5.91. The lowest BCUT2D eigenvalue weighted by molar-refractivity contribution is 0.305. The minimum absolute atomic E-state index is 0.00698. The maximum Gasteiger partial charge on any atom is 0.209 e. The fourth-order valence-electron chi connectivity index (χ4n) is 1.33. The number of benzene rings is 1. The molecular weight excluding hydrogens is 245 g/mol. The van der Waals surface area contributed by atoms with E-state index in [1.165, 1.54) is 12.1 Å². The van der Waals surface area contributed by atoms with Crippen LogP contribution in [0.25, 0.3) is 0 Å². The number of primary sulfonamides is 1. The van der Waals surface area contributed by atoms with Crippen LogP contribution in [0.5, 0.6) is 5.75 Å². The van der Waals surface area contributed by atoms with Crippen LogP contribution in [0, 0.1) is 5.82 Å². The Kier molecular flexibility index (Phi) is 5.37. The molecule has 17 heavy (non-hydrogen) atoms. The summed E-state index contributed by atoms with van der Waals surface area (Å²) in [4.78, 5) is 0. The van der Waals surface area contributed by atoms with Crippen molar-refractivity contribution in [2.24, 2.45) is 5.14 Å². The molecule has 0 bridgehead atoms. The molecule has 2 N–H and O–H groups in total. The van der Waals surface area contributed by atoms with Crippen molar-refractivity contribution in [2.75, 3.05) is 12.4 Å². The van der Waals surface area contributed by atoms with Crippen LogP contribution >= 0.6 is 0 Å². The van der Waals surface area contributed by atoms with Gasteiger partial charge in [0.1, 0.15) is 11.6 Å². The quantitative estimate of drug-likeness (QED) is 0.759. The zero-order valence-electron chi connectivity index (χ0n) is 9.43. The van der Waals surface area contributed by atoms with Crippen LogP contribution in [0.4, 0.5) is 4.39 Å². The van der Waals surface area contributed by atoms with Crippen molar-refractivity contribution in [3.63, 3.8) is 0 Å². The molecule has 0 spiro atoms. The lowest BCUT2D eigenvalue weighted by Gasteiger charge is -2.05. The van der Waals surface area contributed by atoms with Gasteiger partial charge < -0.3 is 4.74 Å². The van der Waals surface area contributed by atoms with Gasteiger partial charge in [0, 0.05) is 6.07 Å². The van der Waals surface area contributed by atoms with E-state index in [2.05, 4.69) is 0 Å². The number of ether oxygens (including phenoxy) is 1. The first-order chi connectivity index (χ1) is 7.97. The average molecular weight is 261 g/mol. The van der Waals surface area contributed by atoms with Gasteiger partial charge in [0.15, 0.2) is 0 Å². The minimum atomic E-state index is -3.36.